The molecule has 3 aromatic carbocycles. The molecule has 0 bridgehead atoms. The number of quaternary nitrogens is 1. The van der Waals surface area contributed by atoms with Gasteiger partial charge in [0.2, 0.25) is 0 Å². The van der Waals surface area contributed by atoms with Crippen LogP contribution in [-0.2, 0) is 6.54 Å². The van der Waals surface area contributed by atoms with Crippen molar-refractivity contribution in [3.63, 3.8) is 0 Å². The number of hydrogen-bond donors (Lipinski definition) is 0. The first-order chi connectivity index (χ1) is 12.0. The number of rotatable bonds is 5. The second kappa shape index (κ2) is 8.43. The van der Waals surface area contributed by atoms with Gasteiger partial charge < -0.3 is 17.0 Å². The van der Waals surface area contributed by atoms with Gasteiger partial charge in [-0.3, -0.25) is 9.28 Å². The fourth-order valence-corrected chi connectivity index (χ4v) is 3.01. The van der Waals surface area contributed by atoms with Crippen LogP contribution in [0.4, 0.5) is 5.69 Å². The molecule has 0 aliphatic carbocycles. The highest BCUT2D eigenvalue weighted by Crippen LogP contribution is 2.23. The molecule has 0 N–H and O–H groups in total. The standard InChI is InChI=1S/C23H24NO.BrH/c1-18-9-15-22(16-10-18)24(2,3)17-19-11-13-21(14-12-19)23(25)20-7-5-4-6-8-20;/h4-16H,17H2,1-3H3;1H/q+1;/p-1. The molecule has 26 heavy (non-hydrogen) atoms. The van der Waals surface area contributed by atoms with Gasteiger partial charge in [-0.2, -0.15) is 0 Å². The monoisotopic (exact) mass is 409 g/mol. The second-order valence-corrected chi connectivity index (χ2v) is 7.07. The van der Waals surface area contributed by atoms with E-state index in [-0.39, 0.29) is 22.8 Å². The first-order valence-electron chi connectivity index (χ1n) is 8.55. The number of ketones is 1. The highest BCUT2D eigenvalue weighted by molar-refractivity contribution is 6.08. The summed E-state index contributed by atoms with van der Waals surface area (Å²) in [5, 5.41) is 0. The van der Waals surface area contributed by atoms with Gasteiger partial charge in [-0.1, -0.05) is 72.3 Å². The van der Waals surface area contributed by atoms with E-state index in [1.54, 1.807) is 0 Å². The van der Waals surface area contributed by atoms with Crippen molar-refractivity contribution >= 4 is 11.5 Å². The summed E-state index contributed by atoms with van der Waals surface area (Å²) in [5.41, 5.74) is 5.22. The molecule has 2 nitrogen and oxygen atoms in total. The van der Waals surface area contributed by atoms with E-state index >= 15 is 0 Å². The average Bonchev–Trinajstić information content (AvgIpc) is 2.62. The number of carbonyl (C=O) groups is 1. The maximum absolute atomic E-state index is 12.5. The van der Waals surface area contributed by atoms with Crippen LogP contribution in [0.25, 0.3) is 0 Å². The van der Waals surface area contributed by atoms with Gasteiger partial charge in [0.05, 0.1) is 14.1 Å². The normalized spacial score (nSPS) is 10.9. The number of aryl methyl sites for hydroxylation is 1. The largest absolute Gasteiger partial charge is 1.00 e. The third-order valence-corrected chi connectivity index (χ3v) is 4.56. The molecule has 3 aromatic rings. The van der Waals surface area contributed by atoms with E-state index in [0.717, 1.165) is 22.2 Å². The number of carbonyl (C=O) groups excluding carboxylic acids is 1. The molecule has 0 radical (unpaired) electrons. The molecule has 0 saturated heterocycles. The lowest BCUT2D eigenvalue weighted by molar-refractivity contribution is -0.0000126. The van der Waals surface area contributed by atoms with Crippen LogP contribution in [0, 0.1) is 6.92 Å². The summed E-state index contributed by atoms with van der Waals surface area (Å²) < 4.78 is 0.770. The van der Waals surface area contributed by atoms with Crippen molar-refractivity contribution in [1.29, 1.82) is 0 Å². The van der Waals surface area contributed by atoms with Crippen LogP contribution >= 0.6 is 0 Å². The Morgan fingerprint density at radius 3 is 1.88 bits per heavy atom. The number of halogens is 1. The summed E-state index contributed by atoms with van der Waals surface area (Å²) in [6.07, 6.45) is 0. The van der Waals surface area contributed by atoms with Crippen LogP contribution < -0.4 is 21.5 Å². The summed E-state index contributed by atoms with van der Waals surface area (Å²) >= 11 is 0. The van der Waals surface area contributed by atoms with Gasteiger partial charge in [0.15, 0.2) is 5.78 Å². The van der Waals surface area contributed by atoms with E-state index in [1.807, 2.05) is 42.5 Å². The molecular formula is C23H24BrNO. The summed E-state index contributed by atoms with van der Waals surface area (Å²) in [6.45, 7) is 2.98. The summed E-state index contributed by atoms with van der Waals surface area (Å²) in [7, 11) is 4.40. The number of hydrogen-bond acceptors (Lipinski definition) is 1. The second-order valence-electron chi connectivity index (χ2n) is 7.07. The van der Waals surface area contributed by atoms with Crippen LogP contribution in [0.15, 0.2) is 78.9 Å². The highest BCUT2D eigenvalue weighted by atomic mass is 79.9. The molecule has 0 atom stereocenters. The van der Waals surface area contributed by atoms with Gasteiger partial charge in [0.25, 0.3) is 0 Å². The molecule has 0 aliphatic rings. The molecule has 0 unspecified atom stereocenters. The molecule has 0 fully saturated rings. The Morgan fingerprint density at radius 2 is 1.31 bits per heavy atom. The van der Waals surface area contributed by atoms with Crippen molar-refractivity contribution in [3.8, 4) is 0 Å². The predicted molar refractivity (Wildman–Crippen MR) is 105 cm³/mol. The molecule has 0 heterocycles. The first-order valence-corrected chi connectivity index (χ1v) is 8.55. The van der Waals surface area contributed by atoms with Gasteiger partial charge >= 0.3 is 0 Å². The van der Waals surface area contributed by atoms with Crippen molar-refractivity contribution in [2.75, 3.05) is 14.1 Å². The van der Waals surface area contributed by atoms with E-state index in [2.05, 4.69) is 57.4 Å². The molecule has 0 aromatic heterocycles. The van der Waals surface area contributed by atoms with Crippen LogP contribution in [0.1, 0.15) is 27.0 Å². The molecule has 3 heteroatoms. The Kier molecular flexibility index (Phi) is 6.52. The van der Waals surface area contributed by atoms with Crippen molar-refractivity contribution in [1.82, 2.24) is 4.48 Å². The third-order valence-electron chi connectivity index (χ3n) is 4.56. The molecular weight excluding hydrogens is 386 g/mol. The van der Waals surface area contributed by atoms with E-state index < -0.39 is 0 Å². The lowest BCUT2D eigenvalue weighted by atomic mass is 10.0. The SMILES string of the molecule is Cc1ccc([N+](C)(C)Cc2ccc(C(=O)c3ccccc3)cc2)cc1.[Br-]. The van der Waals surface area contributed by atoms with Crippen molar-refractivity contribution in [2.45, 2.75) is 13.5 Å². The van der Waals surface area contributed by atoms with E-state index in [9.17, 15) is 4.79 Å². The minimum atomic E-state index is 0. The first kappa shape index (κ1) is 20.1. The van der Waals surface area contributed by atoms with Gasteiger partial charge in [0.1, 0.15) is 12.2 Å². The summed E-state index contributed by atoms with van der Waals surface area (Å²) in [4.78, 5) is 12.5. The lowest BCUT2D eigenvalue weighted by Crippen LogP contribution is -3.00. The van der Waals surface area contributed by atoms with E-state index in [1.165, 1.54) is 16.8 Å². The molecule has 0 aliphatic heterocycles. The molecule has 0 saturated carbocycles. The zero-order valence-corrected chi connectivity index (χ0v) is 17.0. The summed E-state index contributed by atoms with van der Waals surface area (Å²) in [5.74, 6) is 0.0689. The Morgan fingerprint density at radius 1 is 0.769 bits per heavy atom. The van der Waals surface area contributed by atoms with Crippen LogP contribution in [0.5, 0.6) is 0 Å². The van der Waals surface area contributed by atoms with Gasteiger partial charge in [-0.25, -0.2) is 0 Å². The lowest BCUT2D eigenvalue weighted by Gasteiger charge is -2.29. The van der Waals surface area contributed by atoms with Gasteiger partial charge in [0, 0.05) is 16.7 Å². The fourth-order valence-electron chi connectivity index (χ4n) is 3.01. The molecule has 134 valence electrons. The Labute approximate surface area is 166 Å². The van der Waals surface area contributed by atoms with Crippen LogP contribution in [0.3, 0.4) is 0 Å². The maximum atomic E-state index is 12.5. The molecule has 0 spiro atoms. The van der Waals surface area contributed by atoms with Crippen molar-refractivity contribution in [3.05, 3.63) is 101 Å². The predicted octanol–water partition coefficient (Wildman–Crippen LogP) is 2.00. The number of nitrogens with zero attached hydrogens (tertiary/aromatic N) is 1. The van der Waals surface area contributed by atoms with E-state index in [0.29, 0.717) is 0 Å². The van der Waals surface area contributed by atoms with Gasteiger partial charge in [-0.05, 0) is 19.1 Å². The fraction of sp³-hybridized carbons (Fsp3) is 0.174. The zero-order chi connectivity index (χ0) is 17.9. The maximum Gasteiger partial charge on any atom is 0.193 e. The zero-order valence-electron chi connectivity index (χ0n) is 15.4. The average molecular weight is 410 g/mol. The third kappa shape index (κ3) is 4.69. The minimum Gasteiger partial charge on any atom is -1.00 e. The van der Waals surface area contributed by atoms with Crippen molar-refractivity contribution in [2.24, 2.45) is 0 Å². The number of benzene rings is 3. The summed E-state index contributed by atoms with van der Waals surface area (Å²) in [6, 6.07) is 26.1. The smallest absolute Gasteiger partial charge is 0.193 e. The van der Waals surface area contributed by atoms with E-state index in [4.69, 9.17) is 0 Å². The Hall–Kier alpha value is -2.23. The van der Waals surface area contributed by atoms with Crippen LogP contribution in [-0.4, -0.2) is 19.9 Å². The van der Waals surface area contributed by atoms with Crippen molar-refractivity contribution < 1.29 is 21.8 Å². The molecule has 0 amide bonds. The Balaban J connectivity index is 0.00000243. The molecule has 3 rings (SSSR count). The Bertz CT molecular complexity index is 853. The van der Waals surface area contributed by atoms with Crippen LogP contribution in [0.2, 0.25) is 0 Å². The quantitative estimate of drug-likeness (QED) is 0.465. The topological polar surface area (TPSA) is 17.1 Å². The minimum absolute atomic E-state index is 0. The van der Waals surface area contributed by atoms with Gasteiger partial charge in [-0.15, -0.1) is 0 Å². The highest BCUT2D eigenvalue weighted by Gasteiger charge is 2.19.